The average Bonchev–Trinajstić information content (AvgIpc) is 3.63. The van der Waals surface area contributed by atoms with Gasteiger partial charge in [-0.15, -0.1) is 0 Å². The summed E-state index contributed by atoms with van der Waals surface area (Å²) in [7, 11) is 0. The van der Waals surface area contributed by atoms with Crippen molar-refractivity contribution in [3.8, 4) is 22.9 Å². The maximum atomic E-state index is 13.0. The van der Waals surface area contributed by atoms with E-state index in [0.717, 1.165) is 0 Å². The van der Waals surface area contributed by atoms with Gasteiger partial charge in [-0.25, -0.2) is 14.8 Å². The van der Waals surface area contributed by atoms with Crippen molar-refractivity contribution in [2.75, 3.05) is 5.32 Å². The predicted octanol–water partition coefficient (Wildman–Crippen LogP) is 7.03. The average molecular weight is 536 g/mol. The van der Waals surface area contributed by atoms with Crippen LogP contribution < -0.4 is 5.32 Å². The lowest BCUT2D eigenvalue weighted by atomic mass is 10.1. The molecule has 5 rings (SSSR count). The number of nitrogens with one attached hydrogen (secondary N) is 1. The lowest BCUT2D eigenvalue weighted by Crippen LogP contribution is -2.32. The molecule has 0 radical (unpaired) electrons. The third-order valence-electron chi connectivity index (χ3n) is 5.53. The molecule has 5 aromatic rings. The first kappa shape index (κ1) is 24.5. The Bertz CT molecular complexity index is 1580. The summed E-state index contributed by atoms with van der Waals surface area (Å²) in [6, 6.07) is 16.7. The Hall–Kier alpha value is -4.14. The van der Waals surface area contributed by atoms with Gasteiger partial charge in [0.05, 0.1) is 44.9 Å². The zero-order chi connectivity index (χ0) is 25.9. The summed E-state index contributed by atoms with van der Waals surface area (Å²) in [4.78, 5) is 35.1. The van der Waals surface area contributed by atoms with E-state index >= 15 is 0 Å². The highest BCUT2D eigenvalue weighted by Crippen LogP contribution is 2.32. The molecule has 0 aliphatic rings. The molecule has 10 heteroatoms. The number of benzene rings is 2. The van der Waals surface area contributed by atoms with Crippen LogP contribution in [-0.4, -0.2) is 27.9 Å². The number of halogens is 2. The predicted molar refractivity (Wildman–Crippen MR) is 140 cm³/mol. The molecule has 8 nitrogen and oxygen atoms in total. The lowest BCUT2D eigenvalue weighted by Gasteiger charge is -2.17. The van der Waals surface area contributed by atoms with E-state index in [1.807, 2.05) is 0 Å². The number of anilines is 1. The van der Waals surface area contributed by atoms with E-state index in [1.165, 1.54) is 6.26 Å². The Kier molecular flexibility index (Phi) is 6.94. The van der Waals surface area contributed by atoms with Gasteiger partial charge in [0.1, 0.15) is 11.4 Å². The van der Waals surface area contributed by atoms with Crippen LogP contribution in [0.15, 0.2) is 82.0 Å². The minimum absolute atomic E-state index is 0.202. The molecule has 3 aromatic heterocycles. The van der Waals surface area contributed by atoms with E-state index in [0.29, 0.717) is 44.7 Å². The second-order valence-electron chi connectivity index (χ2n) is 7.97. The number of carbonyl (C=O) groups excluding carboxylic acids is 2. The number of carbonyl (C=O) groups is 2. The summed E-state index contributed by atoms with van der Waals surface area (Å²) < 4.78 is 16.6. The van der Waals surface area contributed by atoms with Crippen molar-refractivity contribution in [2.45, 2.75) is 19.4 Å². The van der Waals surface area contributed by atoms with Crippen LogP contribution in [0.2, 0.25) is 10.0 Å². The summed E-state index contributed by atoms with van der Waals surface area (Å²) >= 11 is 12.2. The van der Waals surface area contributed by atoms with Gasteiger partial charge >= 0.3 is 5.97 Å². The molecular weight excluding hydrogens is 517 g/mol. The van der Waals surface area contributed by atoms with Gasteiger partial charge in [0.2, 0.25) is 0 Å². The van der Waals surface area contributed by atoms with Gasteiger partial charge in [-0.1, -0.05) is 36.2 Å². The highest BCUT2D eigenvalue weighted by atomic mass is 35.5. The second kappa shape index (κ2) is 10.5. The molecule has 37 heavy (non-hydrogen) atoms. The zero-order valence-electron chi connectivity index (χ0n) is 19.4. The largest absolute Gasteiger partial charge is 0.463 e. The number of furan rings is 2. The Labute approximate surface area is 221 Å². The number of esters is 1. The number of nitrogens with zero attached hydrogens (tertiary/aromatic N) is 2. The maximum absolute atomic E-state index is 13.0. The third-order valence-corrected chi connectivity index (χ3v) is 6.35. The number of rotatable bonds is 7. The molecular formula is C27H19Cl2N3O5. The minimum atomic E-state index is -1.05. The summed E-state index contributed by atoms with van der Waals surface area (Å²) in [5, 5.41) is 3.16. The van der Waals surface area contributed by atoms with Crippen LogP contribution >= 0.6 is 23.2 Å². The van der Waals surface area contributed by atoms with Gasteiger partial charge in [0.15, 0.2) is 17.6 Å². The summed E-state index contributed by atoms with van der Waals surface area (Å²) in [5.74, 6) is -0.182. The van der Waals surface area contributed by atoms with Crippen molar-refractivity contribution in [2.24, 2.45) is 0 Å². The van der Waals surface area contributed by atoms with E-state index in [2.05, 4.69) is 10.3 Å². The Morgan fingerprint density at radius 3 is 2.22 bits per heavy atom. The highest BCUT2D eigenvalue weighted by Gasteiger charge is 2.24. The Morgan fingerprint density at radius 1 is 0.919 bits per heavy atom. The highest BCUT2D eigenvalue weighted by molar-refractivity contribution is 6.44. The molecule has 1 amide bonds. The van der Waals surface area contributed by atoms with Crippen molar-refractivity contribution in [1.82, 2.24) is 9.97 Å². The number of amides is 1. The molecule has 0 saturated heterocycles. The van der Waals surface area contributed by atoms with E-state index in [9.17, 15) is 9.59 Å². The SMILES string of the molecule is CCC(OC(=O)c1ccc2nc(-c3ccco3)c(-c3ccco3)nc2c1)C(=O)Nc1cccc(Cl)c1Cl. The number of fused-ring (bicyclic) bond motifs is 1. The van der Waals surface area contributed by atoms with Gasteiger partial charge in [-0.05, 0) is 61.0 Å². The van der Waals surface area contributed by atoms with Crippen LogP contribution in [0.4, 0.5) is 5.69 Å². The molecule has 0 spiro atoms. The van der Waals surface area contributed by atoms with Crippen molar-refractivity contribution in [3.05, 3.63) is 88.8 Å². The van der Waals surface area contributed by atoms with Crippen LogP contribution in [0.1, 0.15) is 23.7 Å². The van der Waals surface area contributed by atoms with Gasteiger partial charge in [0.25, 0.3) is 5.91 Å². The van der Waals surface area contributed by atoms with Gasteiger partial charge in [-0.2, -0.15) is 0 Å². The quantitative estimate of drug-likeness (QED) is 0.223. The van der Waals surface area contributed by atoms with Crippen LogP contribution in [0.3, 0.4) is 0 Å². The molecule has 0 aliphatic heterocycles. The minimum Gasteiger partial charge on any atom is -0.463 e. The van der Waals surface area contributed by atoms with Crippen molar-refractivity contribution < 1.29 is 23.2 Å². The third kappa shape index (κ3) is 5.07. The number of hydrogen-bond donors (Lipinski definition) is 1. The van der Waals surface area contributed by atoms with E-state index in [1.54, 1.807) is 73.9 Å². The maximum Gasteiger partial charge on any atom is 0.338 e. The topological polar surface area (TPSA) is 107 Å². The second-order valence-corrected chi connectivity index (χ2v) is 8.76. The molecule has 0 fully saturated rings. The van der Waals surface area contributed by atoms with Crippen molar-refractivity contribution in [1.29, 1.82) is 0 Å². The van der Waals surface area contributed by atoms with Crippen LogP contribution in [0.5, 0.6) is 0 Å². The first-order valence-electron chi connectivity index (χ1n) is 11.3. The number of hydrogen-bond acceptors (Lipinski definition) is 7. The smallest absolute Gasteiger partial charge is 0.338 e. The van der Waals surface area contributed by atoms with E-state index in [-0.39, 0.29) is 17.0 Å². The molecule has 0 saturated carbocycles. The van der Waals surface area contributed by atoms with E-state index in [4.69, 9.17) is 41.8 Å². The fourth-order valence-electron chi connectivity index (χ4n) is 3.68. The van der Waals surface area contributed by atoms with Crippen molar-refractivity contribution in [3.63, 3.8) is 0 Å². The molecule has 3 heterocycles. The Balaban J connectivity index is 1.42. The molecule has 0 aliphatic carbocycles. The number of ether oxygens (including phenoxy) is 1. The molecule has 1 N–H and O–H groups in total. The fourth-order valence-corrected chi connectivity index (χ4v) is 4.03. The normalized spacial score (nSPS) is 11.9. The molecule has 2 aromatic carbocycles. The molecule has 0 bridgehead atoms. The first-order valence-corrected chi connectivity index (χ1v) is 12.1. The van der Waals surface area contributed by atoms with Crippen molar-refractivity contribution >= 4 is 51.8 Å². The standard InChI is InChI=1S/C27H19Cl2N3O5/c1-2-20(26(33)32-18-7-3-6-16(28)23(18)29)37-27(34)15-10-11-17-19(14-15)31-25(22-9-5-13-36-22)24(30-17)21-8-4-12-35-21/h3-14,20H,2H2,1H3,(H,32,33). The van der Waals surface area contributed by atoms with E-state index < -0.39 is 18.0 Å². The monoisotopic (exact) mass is 535 g/mol. The van der Waals surface area contributed by atoms with Crippen LogP contribution in [0, 0.1) is 0 Å². The zero-order valence-corrected chi connectivity index (χ0v) is 20.9. The summed E-state index contributed by atoms with van der Waals surface area (Å²) in [6.45, 7) is 1.73. The van der Waals surface area contributed by atoms with Gasteiger partial charge < -0.3 is 18.9 Å². The van der Waals surface area contributed by atoms with Crippen LogP contribution in [-0.2, 0) is 9.53 Å². The Morgan fingerprint density at radius 2 is 1.59 bits per heavy atom. The summed E-state index contributed by atoms with van der Waals surface area (Å²) in [6.07, 6.45) is 2.28. The fraction of sp³-hybridized carbons (Fsp3) is 0.111. The van der Waals surface area contributed by atoms with Crippen LogP contribution in [0.25, 0.3) is 33.9 Å². The summed E-state index contributed by atoms with van der Waals surface area (Å²) in [5.41, 5.74) is 2.49. The molecule has 186 valence electrons. The lowest BCUT2D eigenvalue weighted by molar-refractivity contribution is -0.124. The molecule has 1 atom stereocenters. The van der Waals surface area contributed by atoms with Gasteiger partial charge in [-0.3, -0.25) is 4.79 Å². The van der Waals surface area contributed by atoms with Gasteiger partial charge in [0, 0.05) is 0 Å². The first-order chi connectivity index (χ1) is 17.9. The molecule has 1 unspecified atom stereocenters. The number of aromatic nitrogens is 2.